The van der Waals surface area contributed by atoms with E-state index in [4.69, 9.17) is 4.74 Å². The Bertz CT molecular complexity index is 508. The van der Waals surface area contributed by atoms with Gasteiger partial charge in [-0.25, -0.2) is 4.39 Å². The SMILES string of the molecule is CCC1(CO)CCN(CC(=O)NCCOc2ccc(F)cc2)CC1. The second-order valence-electron chi connectivity index (χ2n) is 6.44. The number of aliphatic hydroxyl groups excluding tert-OH is 1. The summed E-state index contributed by atoms with van der Waals surface area (Å²) in [5.74, 6) is 0.262. The van der Waals surface area contributed by atoms with E-state index in [0.717, 1.165) is 32.4 Å². The summed E-state index contributed by atoms with van der Waals surface area (Å²) in [4.78, 5) is 14.1. The molecule has 24 heavy (non-hydrogen) atoms. The van der Waals surface area contributed by atoms with E-state index in [-0.39, 0.29) is 23.7 Å². The van der Waals surface area contributed by atoms with Crippen LogP contribution >= 0.6 is 0 Å². The number of halogens is 1. The fourth-order valence-corrected chi connectivity index (χ4v) is 2.96. The van der Waals surface area contributed by atoms with Gasteiger partial charge in [0.05, 0.1) is 13.1 Å². The lowest BCUT2D eigenvalue weighted by atomic mass is 9.77. The van der Waals surface area contributed by atoms with Gasteiger partial charge in [0.2, 0.25) is 5.91 Å². The first kappa shape index (κ1) is 18.7. The number of rotatable bonds is 8. The summed E-state index contributed by atoms with van der Waals surface area (Å²) in [5, 5.41) is 12.4. The Balaban J connectivity index is 1.61. The molecule has 0 bridgehead atoms. The average molecular weight is 338 g/mol. The summed E-state index contributed by atoms with van der Waals surface area (Å²) in [5.41, 5.74) is 0.0377. The Morgan fingerprint density at radius 1 is 1.33 bits per heavy atom. The molecule has 5 nitrogen and oxygen atoms in total. The zero-order valence-electron chi connectivity index (χ0n) is 14.3. The molecule has 0 spiro atoms. The van der Waals surface area contributed by atoms with Crippen LogP contribution in [0.5, 0.6) is 5.75 Å². The highest BCUT2D eigenvalue weighted by Crippen LogP contribution is 2.33. The van der Waals surface area contributed by atoms with Crippen molar-refractivity contribution in [2.45, 2.75) is 26.2 Å². The zero-order valence-corrected chi connectivity index (χ0v) is 14.3. The van der Waals surface area contributed by atoms with E-state index in [2.05, 4.69) is 17.1 Å². The third-order valence-electron chi connectivity index (χ3n) is 4.88. The van der Waals surface area contributed by atoms with Gasteiger partial charge in [0.1, 0.15) is 18.2 Å². The number of piperidine rings is 1. The fraction of sp³-hybridized carbons (Fsp3) is 0.611. The summed E-state index contributed by atoms with van der Waals surface area (Å²) in [6.07, 6.45) is 2.84. The van der Waals surface area contributed by atoms with Crippen molar-refractivity contribution in [3.05, 3.63) is 30.1 Å². The first-order valence-corrected chi connectivity index (χ1v) is 8.55. The molecule has 0 unspecified atom stereocenters. The number of nitrogens with one attached hydrogen (secondary N) is 1. The maximum absolute atomic E-state index is 12.8. The van der Waals surface area contributed by atoms with Crippen LogP contribution in [0.4, 0.5) is 4.39 Å². The molecule has 2 rings (SSSR count). The molecule has 0 aliphatic carbocycles. The molecule has 1 aliphatic rings. The minimum Gasteiger partial charge on any atom is -0.492 e. The molecular formula is C18H27FN2O3. The van der Waals surface area contributed by atoms with E-state index in [1.54, 1.807) is 12.1 Å². The third kappa shape index (κ3) is 5.46. The fourth-order valence-electron chi connectivity index (χ4n) is 2.96. The van der Waals surface area contributed by atoms with Crippen LogP contribution in [0.1, 0.15) is 26.2 Å². The van der Waals surface area contributed by atoms with Gasteiger partial charge in [-0.3, -0.25) is 9.69 Å². The largest absolute Gasteiger partial charge is 0.492 e. The first-order chi connectivity index (χ1) is 11.6. The lowest BCUT2D eigenvalue weighted by Crippen LogP contribution is -2.46. The number of aliphatic hydroxyl groups is 1. The quantitative estimate of drug-likeness (QED) is 0.710. The lowest BCUT2D eigenvalue weighted by molar-refractivity contribution is -0.123. The van der Waals surface area contributed by atoms with Gasteiger partial charge in [-0.05, 0) is 62.0 Å². The topological polar surface area (TPSA) is 61.8 Å². The van der Waals surface area contributed by atoms with Crippen molar-refractivity contribution < 1.29 is 19.0 Å². The predicted octanol–water partition coefficient (Wildman–Crippen LogP) is 1.81. The zero-order chi connectivity index (χ0) is 17.4. The summed E-state index contributed by atoms with van der Waals surface area (Å²) >= 11 is 0. The minimum atomic E-state index is -0.300. The van der Waals surface area contributed by atoms with Gasteiger partial charge in [-0.2, -0.15) is 0 Å². The number of nitrogens with zero attached hydrogens (tertiary/aromatic N) is 1. The summed E-state index contributed by atoms with van der Waals surface area (Å²) < 4.78 is 18.2. The van der Waals surface area contributed by atoms with Crippen LogP contribution in [0.15, 0.2) is 24.3 Å². The molecule has 1 saturated heterocycles. The number of likely N-dealkylation sites (tertiary alicyclic amines) is 1. The molecule has 6 heteroatoms. The number of hydrogen-bond acceptors (Lipinski definition) is 4. The first-order valence-electron chi connectivity index (χ1n) is 8.55. The number of amides is 1. The maximum atomic E-state index is 12.8. The van der Waals surface area contributed by atoms with Gasteiger partial charge in [-0.1, -0.05) is 6.92 Å². The van der Waals surface area contributed by atoms with Crippen LogP contribution in [0.25, 0.3) is 0 Å². The van der Waals surface area contributed by atoms with E-state index in [1.165, 1.54) is 12.1 Å². The van der Waals surface area contributed by atoms with Gasteiger partial charge in [0, 0.05) is 6.61 Å². The van der Waals surface area contributed by atoms with Gasteiger partial charge in [-0.15, -0.1) is 0 Å². The molecule has 1 aromatic carbocycles. The van der Waals surface area contributed by atoms with Crippen molar-refractivity contribution in [2.75, 3.05) is 39.4 Å². The van der Waals surface area contributed by atoms with Crippen LogP contribution < -0.4 is 10.1 Å². The van der Waals surface area contributed by atoms with Crippen LogP contribution in [-0.4, -0.2) is 55.3 Å². The van der Waals surface area contributed by atoms with Crippen LogP contribution in [0.2, 0.25) is 0 Å². The predicted molar refractivity (Wildman–Crippen MR) is 90.4 cm³/mol. The highest BCUT2D eigenvalue weighted by atomic mass is 19.1. The number of hydrogen-bond donors (Lipinski definition) is 2. The van der Waals surface area contributed by atoms with E-state index < -0.39 is 0 Å². The second kappa shape index (κ2) is 8.99. The van der Waals surface area contributed by atoms with Crippen molar-refractivity contribution in [1.82, 2.24) is 10.2 Å². The summed E-state index contributed by atoms with van der Waals surface area (Å²) in [7, 11) is 0. The minimum absolute atomic E-state index is 0.0225. The Morgan fingerprint density at radius 3 is 2.58 bits per heavy atom. The number of carbonyl (C=O) groups is 1. The molecular weight excluding hydrogens is 311 g/mol. The lowest BCUT2D eigenvalue weighted by Gasteiger charge is -2.39. The van der Waals surface area contributed by atoms with Crippen LogP contribution in [0.3, 0.4) is 0 Å². The highest BCUT2D eigenvalue weighted by Gasteiger charge is 2.32. The highest BCUT2D eigenvalue weighted by molar-refractivity contribution is 5.78. The number of carbonyl (C=O) groups excluding carboxylic acids is 1. The molecule has 1 amide bonds. The Labute approximate surface area is 142 Å². The molecule has 0 atom stereocenters. The normalized spacial score (nSPS) is 17.5. The van der Waals surface area contributed by atoms with Gasteiger partial charge >= 0.3 is 0 Å². The van der Waals surface area contributed by atoms with Crippen LogP contribution in [0, 0.1) is 11.2 Å². The van der Waals surface area contributed by atoms with Gasteiger partial charge in [0.25, 0.3) is 0 Å². The van der Waals surface area contributed by atoms with Crippen molar-refractivity contribution >= 4 is 5.91 Å². The Morgan fingerprint density at radius 2 is 2.00 bits per heavy atom. The van der Waals surface area contributed by atoms with Crippen molar-refractivity contribution in [3.8, 4) is 5.75 Å². The monoisotopic (exact) mass is 338 g/mol. The smallest absolute Gasteiger partial charge is 0.234 e. The third-order valence-corrected chi connectivity index (χ3v) is 4.88. The van der Waals surface area contributed by atoms with E-state index >= 15 is 0 Å². The standard InChI is InChI=1S/C18H27FN2O3/c1-2-18(14-22)7-10-21(11-8-18)13-17(23)20-9-12-24-16-5-3-15(19)4-6-16/h3-6,22H,2,7-14H2,1H3,(H,20,23). The molecule has 1 aliphatic heterocycles. The molecule has 0 saturated carbocycles. The van der Waals surface area contributed by atoms with Crippen molar-refractivity contribution in [1.29, 1.82) is 0 Å². The van der Waals surface area contributed by atoms with Crippen molar-refractivity contribution in [3.63, 3.8) is 0 Å². The average Bonchev–Trinajstić information content (AvgIpc) is 2.61. The summed E-state index contributed by atoms with van der Waals surface area (Å²) in [6.45, 7) is 5.16. The van der Waals surface area contributed by atoms with E-state index in [9.17, 15) is 14.3 Å². The van der Waals surface area contributed by atoms with E-state index in [1.807, 2.05) is 0 Å². The maximum Gasteiger partial charge on any atom is 0.234 e. The molecule has 1 heterocycles. The molecule has 134 valence electrons. The number of benzene rings is 1. The van der Waals surface area contributed by atoms with Crippen LogP contribution in [-0.2, 0) is 4.79 Å². The molecule has 1 aromatic rings. The molecule has 0 aromatic heterocycles. The van der Waals surface area contributed by atoms with Crippen molar-refractivity contribution in [2.24, 2.45) is 5.41 Å². The molecule has 2 N–H and O–H groups in total. The number of ether oxygens (including phenoxy) is 1. The van der Waals surface area contributed by atoms with E-state index in [0.29, 0.717) is 25.4 Å². The second-order valence-corrected chi connectivity index (χ2v) is 6.44. The molecule has 1 fully saturated rings. The Hall–Kier alpha value is -1.66. The Kier molecular flexibility index (Phi) is 6.99. The van der Waals surface area contributed by atoms with Gasteiger partial charge in [0.15, 0.2) is 0 Å². The molecule has 0 radical (unpaired) electrons. The van der Waals surface area contributed by atoms with Gasteiger partial charge < -0.3 is 15.2 Å². The summed E-state index contributed by atoms with van der Waals surface area (Å²) in [6, 6.07) is 5.80.